The van der Waals surface area contributed by atoms with Gasteiger partial charge in [-0.15, -0.1) is 10.2 Å². The molecule has 0 aliphatic carbocycles. The molecule has 0 atom stereocenters. The van der Waals surface area contributed by atoms with Crippen LogP contribution in [-0.4, -0.2) is 32.2 Å². The molecule has 1 amide bonds. The normalized spacial score (nSPS) is 10.7. The van der Waals surface area contributed by atoms with E-state index < -0.39 is 0 Å². The molecule has 0 radical (unpaired) electrons. The van der Waals surface area contributed by atoms with Crippen LogP contribution in [-0.2, 0) is 17.9 Å². The van der Waals surface area contributed by atoms with Crippen LogP contribution in [0.25, 0.3) is 0 Å². The summed E-state index contributed by atoms with van der Waals surface area (Å²) in [7, 11) is 0. The summed E-state index contributed by atoms with van der Waals surface area (Å²) in [5, 5.41) is 11.9. The highest BCUT2D eigenvalue weighted by atomic mass is 32.2. The molecule has 1 aromatic heterocycles. The van der Waals surface area contributed by atoms with E-state index in [1.807, 2.05) is 36.6 Å². The molecular weight excluding hydrogens is 412 g/mol. The number of benzene rings is 2. The maximum atomic E-state index is 12.3. The molecule has 1 N–H and O–H groups in total. The fourth-order valence-electron chi connectivity index (χ4n) is 2.92. The molecule has 31 heavy (non-hydrogen) atoms. The van der Waals surface area contributed by atoms with Gasteiger partial charge in [0.1, 0.15) is 12.4 Å². The zero-order valence-electron chi connectivity index (χ0n) is 18.1. The molecule has 0 aliphatic heterocycles. The SMILES string of the molecule is CCn1c(COc2ccc(C)c(C)c2)nnc1SCC(=O)Nc1ccc(C(C)=O)cc1. The Morgan fingerprint density at radius 1 is 1.06 bits per heavy atom. The number of hydrogen-bond acceptors (Lipinski definition) is 6. The average Bonchev–Trinajstić information content (AvgIpc) is 3.15. The number of nitrogens with zero attached hydrogens (tertiary/aromatic N) is 3. The smallest absolute Gasteiger partial charge is 0.234 e. The lowest BCUT2D eigenvalue weighted by molar-refractivity contribution is -0.113. The fourth-order valence-corrected chi connectivity index (χ4v) is 3.74. The summed E-state index contributed by atoms with van der Waals surface area (Å²) in [5.74, 6) is 1.54. The largest absolute Gasteiger partial charge is 0.486 e. The second-order valence-electron chi connectivity index (χ2n) is 7.15. The third kappa shape index (κ3) is 5.95. The van der Waals surface area contributed by atoms with E-state index in [4.69, 9.17) is 4.74 Å². The molecule has 0 bridgehead atoms. The van der Waals surface area contributed by atoms with Crippen LogP contribution in [0.3, 0.4) is 0 Å². The van der Waals surface area contributed by atoms with Crippen molar-refractivity contribution < 1.29 is 14.3 Å². The summed E-state index contributed by atoms with van der Waals surface area (Å²) < 4.78 is 7.82. The molecule has 3 aromatic rings. The fraction of sp³-hybridized carbons (Fsp3) is 0.304. The van der Waals surface area contributed by atoms with E-state index in [0.717, 1.165) is 5.75 Å². The lowest BCUT2D eigenvalue weighted by atomic mass is 10.1. The summed E-state index contributed by atoms with van der Waals surface area (Å²) in [6, 6.07) is 12.8. The first-order valence-electron chi connectivity index (χ1n) is 10.0. The minimum Gasteiger partial charge on any atom is -0.486 e. The van der Waals surface area contributed by atoms with Crippen LogP contribution >= 0.6 is 11.8 Å². The minimum absolute atomic E-state index is 0.00960. The molecule has 2 aromatic carbocycles. The van der Waals surface area contributed by atoms with Crippen LogP contribution in [0.4, 0.5) is 5.69 Å². The van der Waals surface area contributed by atoms with Crippen molar-refractivity contribution in [3.63, 3.8) is 0 Å². The number of carbonyl (C=O) groups excluding carboxylic acids is 2. The van der Waals surface area contributed by atoms with Crippen molar-refractivity contribution in [2.75, 3.05) is 11.1 Å². The van der Waals surface area contributed by atoms with Gasteiger partial charge in [0.25, 0.3) is 0 Å². The highest BCUT2D eigenvalue weighted by Gasteiger charge is 2.14. The van der Waals surface area contributed by atoms with Crippen LogP contribution in [0.15, 0.2) is 47.6 Å². The second-order valence-corrected chi connectivity index (χ2v) is 8.09. The summed E-state index contributed by atoms with van der Waals surface area (Å²) in [6.07, 6.45) is 0. The number of aromatic nitrogens is 3. The third-order valence-electron chi connectivity index (χ3n) is 4.86. The lowest BCUT2D eigenvalue weighted by Gasteiger charge is -2.10. The van der Waals surface area contributed by atoms with Gasteiger partial charge in [0.15, 0.2) is 16.8 Å². The number of aryl methyl sites for hydroxylation is 2. The molecule has 0 saturated heterocycles. The van der Waals surface area contributed by atoms with E-state index in [1.54, 1.807) is 24.3 Å². The van der Waals surface area contributed by atoms with Gasteiger partial charge in [0.2, 0.25) is 5.91 Å². The number of ether oxygens (including phenoxy) is 1. The van der Waals surface area contributed by atoms with Crippen molar-refractivity contribution in [3.8, 4) is 5.75 Å². The summed E-state index contributed by atoms with van der Waals surface area (Å²) in [5.41, 5.74) is 3.65. The maximum Gasteiger partial charge on any atom is 0.234 e. The van der Waals surface area contributed by atoms with Gasteiger partial charge in [-0.3, -0.25) is 9.59 Å². The number of thioether (sulfide) groups is 1. The average molecular weight is 439 g/mol. The van der Waals surface area contributed by atoms with Crippen molar-refractivity contribution in [3.05, 3.63) is 65.0 Å². The Hall–Kier alpha value is -3.13. The van der Waals surface area contributed by atoms with Crippen molar-refractivity contribution in [2.24, 2.45) is 0 Å². The van der Waals surface area contributed by atoms with Gasteiger partial charge < -0.3 is 14.6 Å². The molecule has 162 valence electrons. The number of rotatable bonds is 9. The molecule has 0 saturated carbocycles. The second kappa shape index (κ2) is 10.3. The van der Waals surface area contributed by atoms with Gasteiger partial charge >= 0.3 is 0 Å². The molecule has 0 spiro atoms. The summed E-state index contributed by atoms with van der Waals surface area (Å²) in [4.78, 5) is 23.6. The number of Topliss-reactive ketones (excluding diaryl/α,β-unsaturated/α-hetero) is 1. The molecule has 0 fully saturated rings. The van der Waals surface area contributed by atoms with Gasteiger partial charge in [-0.1, -0.05) is 17.8 Å². The van der Waals surface area contributed by atoms with Crippen molar-refractivity contribution in [1.82, 2.24) is 14.8 Å². The molecule has 0 unspecified atom stereocenters. The Kier molecular flexibility index (Phi) is 7.46. The van der Waals surface area contributed by atoms with Crippen LogP contribution in [0.1, 0.15) is 41.2 Å². The standard InChI is InChI=1S/C23H26N4O3S/c1-5-27-21(13-30-20-11-6-15(2)16(3)12-20)25-26-23(27)31-14-22(29)24-19-9-7-18(8-10-19)17(4)28/h6-12H,5,13-14H2,1-4H3,(H,24,29). The molecule has 1 heterocycles. The Balaban J connectivity index is 1.56. The van der Waals surface area contributed by atoms with Crippen molar-refractivity contribution in [1.29, 1.82) is 0 Å². The van der Waals surface area contributed by atoms with Gasteiger partial charge in [0, 0.05) is 17.8 Å². The van der Waals surface area contributed by atoms with E-state index in [9.17, 15) is 9.59 Å². The lowest BCUT2D eigenvalue weighted by Crippen LogP contribution is -2.15. The number of anilines is 1. The predicted octanol–water partition coefficient (Wildman–Crippen LogP) is 4.43. The molecule has 3 rings (SSSR count). The Bertz CT molecular complexity index is 1080. The van der Waals surface area contributed by atoms with Crippen LogP contribution < -0.4 is 10.1 Å². The highest BCUT2D eigenvalue weighted by Crippen LogP contribution is 2.21. The predicted molar refractivity (Wildman–Crippen MR) is 122 cm³/mol. The van der Waals surface area contributed by atoms with E-state index in [-0.39, 0.29) is 17.4 Å². The molecule has 0 aliphatic rings. The van der Waals surface area contributed by atoms with Crippen LogP contribution in [0, 0.1) is 13.8 Å². The first kappa shape index (κ1) is 22.6. The molecule has 8 heteroatoms. The number of carbonyl (C=O) groups is 2. The number of amides is 1. The number of hydrogen-bond donors (Lipinski definition) is 1. The van der Waals surface area contributed by atoms with E-state index in [0.29, 0.717) is 35.4 Å². The van der Waals surface area contributed by atoms with E-state index in [2.05, 4.69) is 22.4 Å². The first-order valence-corrected chi connectivity index (χ1v) is 11.0. The topological polar surface area (TPSA) is 86.1 Å². The van der Waals surface area contributed by atoms with E-state index in [1.165, 1.54) is 29.8 Å². The van der Waals surface area contributed by atoms with Crippen molar-refractivity contribution >= 4 is 29.1 Å². The monoisotopic (exact) mass is 438 g/mol. The van der Waals surface area contributed by atoms with Crippen LogP contribution in [0.5, 0.6) is 5.75 Å². The minimum atomic E-state index is -0.154. The van der Waals surface area contributed by atoms with Crippen molar-refractivity contribution in [2.45, 2.75) is 46.0 Å². The first-order chi connectivity index (χ1) is 14.9. The third-order valence-corrected chi connectivity index (χ3v) is 5.83. The Labute approximate surface area is 186 Å². The van der Waals surface area contributed by atoms with Crippen LogP contribution in [0.2, 0.25) is 0 Å². The van der Waals surface area contributed by atoms with Gasteiger partial charge in [-0.2, -0.15) is 0 Å². The summed E-state index contributed by atoms with van der Waals surface area (Å²) >= 11 is 1.32. The zero-order chi connectivity index (χ0) is 22.4. The van der Waals surface area contributed by atoms with Gasteiger partial charge in [0.05, 0.1) is 5.75 Å². The number of ketones is 1. The highest BCUT2D eigenvalue weighted by molar-refractivity contribution is 7.99. The zero-order valence-corrected chi connectivity index (χ0v) is 19.0. The Morgan fingerprint density at radius 2 is 1.81 bits per heavy atom. The maximum absolute atomic E-state index is 12.3. The molecule has 7 nitrogen and oxygen atoms in total. The molecular formula is C23H26N4O3S. The quantitative estimate of drug-likeness (QED) is 0.393. The van der Waals surface area contributed by atoms with Gasteiger partial charge in [-0.25, -0.2) is 0 Å². The number of nitrogens with one attached hydrogen (secondary N) is 1. The Morgan fingerprint density at radius 3 is 2.45 bits per heavy atom. The van der Waals surface area contributed by atoms with E-state index >= 15 is 0 Å². The summed E-state index contributed by atoms with van der Waals surface area (Å²) in [6.45, 7) is 8.61. The van der Waals surface area contributed by atoms with Gasteiger partial charge in [-0.05, 0) is 75.2 Å².